The molecule has 0 spiro atoms. The summed E-state index contributed by atoms with van der Waals surface area (Å²) in [5, 5.41) is 6.19. The Hall–Kier alpha value is -2.36. The van der Waals surface area contributed by atoms with Crippen LogP contribution in [-0.2, 0) is 4.57 Å². The Bertz CT molecular complexity index is 1390. The molecule has 0 saturated heterocycles. The SMILES string of the molecule is COc1c(Cl)c2ncccc2oc1=O.O=P(Cl)(Cl)Cl.O=c1cc(O)c2ncccc2o1.[2H]CF. The molecule has 4 aromatic rings. The minimum atomic E-state index is -3.22. The first kappa shape index (κ1) is 26.9. The molecule has 0 amide bonds. The van der Waals surface area contributed by atoms with E-state index in [0.29, 0.717) is 22.2 Å². The van der Waals surface area contributed by atoms with Gasteiger partial charge in [-0.15, -0.1) is 0 Å². The van der Waals surface area contributed by atoms with Crippen LogP contribution in [0.1, 0.15) is 1.37 Å². The van der Waals surface area contributed by atoms with Gasteiger partial charge in [0.15, 0.2) is 16.9 Å². The van der Waals surface area contributed by atoms with Gasteiger partial charge in [0.25, 0.3) is 0 Å². The van der Waals surface area contributed by atoms with E-state index in [9.17, 15) is 23.7 Å². The molecule has 1 N–H and O–H groups in total. The molecule has 4 aromatic heterocycles. The van der Waals surface area contributed by atoms with E-state index < -0.39 is 23.6 Å². The molecule has 0 fully saturated rings. The Labute approximate surface area is 205 Å². The number of nitrogens with zero attached hydrogens (tertiary/aromatic N) is 2. The highest BCUT2D eigenvalue weighted by atomic mass is 36.0. The number of methoxy groups -OCH3 is 1. The molecule has 0 radical (unpaired) electrons. The maximum atomic E-state index is 11.3. The van der Waals surface area contributed by atoms with Crippen molar-refractivity contribution in [1.82, 2.24) is 9.97 Å². The fourth-order valence-electron chi connectivity index (χ4n) is 2.14. The molecule has 178 valence electrons. The number of pyridine rings is 2. The highest BCUT2D eigenvalue weighted by molar-refractivity contribution is 8.24. The minimum absolute atomic E-state index is 0.0159. The molecule has 4 rings (SSSR count). The van der Waals surface area contributed by atoms with E-state index in [1.165, 1.54) is 13.3 Å². The third kappa shape index (κ3) is 9.19. The van der Waals surface area contributed by atoms with Crippen molar-refractivity contribution in [1.29, 1.82) is 0 Å². The van der Waals surface area contributed by atoms with Crippen molar-refractivity contribution in [2.24, 2.45) is 0 Å². The van der Waals surface area contributed by atoms with E-state index in [1.54, 1.807) is 30.5 Å². The van der Waals surface area contributed by atoms with Crippen LogP contribution in [0, 0.1) is 0 Å². The van der Waals surface area contributed by atoms with Crippen molar-refractivity contribution >= 4 is 72.7 Å². The number of ether oxygens (including phenoxy) is 1. The molecule has 33 heavy (non-hydrogen) atoms. The maximum absolute atomic E-state index is 11.3. The third-order valence-corrected chi connectivity index (χ3v) is 3.60. The monoisotopic (exact) mass is 561 g/mol. The van der Waals surface area contributed by atoms with E-state index in [-0.39, 0.29) is 16.5 Å². The van der Waals surface area contributed by atoms with E-state index in [0.717, 1.165) is 6.07 Å². The minimum Gasteiger partial charge on any atom is -0.505 e. The van der Waals surface area contributed by atoms with Gasteiger partial charge in [-0.2, -0.15) is 0 Å². The normalized spacial score (nSPS) is 10.5. The zero-order chi connectivity index (χ0) is 25.9. The molecule has 0 unspecified atom stereocenters. The molecule has 0 aliphatic heterocycles. The van der Waals surface area contributed by atoms with Crippen LogP contribution in [0.3, 0.4) is 0 Å². The van der Waals surface area contributed by atoms with E-state index in [4.69, 9.17) is 26.5 Å². The maximum Gasteiger partial charge on any atom is 0.380 e. The van der Waals surface area contributed by atoms with Gasteiger partial charge in [-0.25, -0.2) is 14.6 Å². The Morgan fingerprint density at radius 1 is 1.09 bits per heavy atom. The number of alkyl halides is 1. The lowest BCUT2D eigenvalue weighted by molar-refractivity contribution is 0.385. The van der Waals surface area contributed by atoms with E-state index in [2.05, 4.69) is 43.7 Å². The predicted molar refractivity (Wildman–Crippen MR) is 126 cm³/mol. The second-order valence-corrected chi connectivity index (χ2v) is 12.3. The highest BCUT2D eigenvalue weighted by Crippen LogP contribution is 2.61. The summed E-state index contributed by atoms with van der Waals surface area (Å²) >= 11 is 19.7. The molecule has 9 nitrogen and oxygen atoms in total. The van der Waals surface area contributed by atoms with Gasteiger partial charge >= 0.3 is 16.5 Å². The van der Waals surface area contributed by atoms with Crippen molar-refractivity contribution in [3.8, 4) is 11.5 Å². The van der Waals surface area contributed by atoms with Gasteiger partial charge in [0, 0.05) is 12.4 Å². The van der Waals surface area contributed by atoms with Crippen LogP contribution in [0.15, 0.2) is 61.1 Å². The molecule has 15 heteroatoms. The second kappa shape index (κ2) is 13.4. The first-order chi connectivity index (χ1) is 15.9. The Kier molecular flexibility index (Phi) is 10.9. The van der Waals surface area contributed by atoms with Gasteiger partial charge < -0.3 is 18.7 Å². The fourth-order valence-corrected chi connectivity index (χ4v) is 2.43. The first-order valence-electron chi connectivity index (χ1n) is 8.87. The third-order valence-electron chi connectivity index (χ3n) is 3.25. The largest absolute Gasteiger partial charge is 0.505 e. The van der Waals surface area contributed by atoms with Gasteiger partial charge in [0.2, 0.25) is 5.75 Å². The van der Waals surface area contributed by atoms with E-state index in [1.807, 2.05) is 0 Å². The van der Waals surface area contributed by atoms with Crippen LogP contribution in [0.4, 0.5) is 4.39 Å². The van der Waals surface area contributed by atoms with Crippen molar-refractivity contribution in [2.45, 2.75) is 0 Å². The van der Waals surface area contributed by atoms with Crippen LogP contribution in [-0.4, -0.2) is 29.3 Å². The van der Waals surface area contributed by atoms with E-state index >= 15 is 0 Å². The predicted octanol–water partition coefficient (Wildman–Crippen LogP) is 6.14. The summed E-state index contributed by atoms with van der Waals surface area (Å²) in [5.41, 5.74) is 0.194. The molecule has 0 aromatic carbocycles. The lowest BCUT2D eigenvalue weighted by atomic mass is 10.3. The summed E-state index contributed by atoms with van der Waals surface area (Å²) in [6.07, 6.45) is 3.08. The summed E-state index contributed by atoms with van der Waals surface area (Å²) < 4.78 is 39.5. The lowest BCUT2D eigenvalue weighted by Crippen LogP contribution is -2.04. The van der Waals surface area contributed by atoms with Gasteiger partial charge in [-0.3, -0.25) is 13.9 Å². The van der Waals surface area contributed by atoms with Gasteiger partial charge in [-0.1, -0.05) is 11.6 Å². The summed E-state index contributed by atoms with van der Waals surface area (Å²) in [7, 11) is 0.354. The average molecular weight is 563 g/mol. The lowest BCUT2D eigenvalue weighted by Gasteiger charge is -2.02. The number of hydrogen-bond acceptors (Lipinski definition) is 9. The van der Waals surface area contributed by atoms with Crippen LogP contribution in [0.2, 0.25) is 5.02 Å². The molecule has 0 aliphatic carbocycles. The fraction of sp³-hybridized carbons (Fsp3) is 0.111. The smallest absolute Gasteiger partial charge is 0.380 e. The van der Waals surface area contributed by atoms with Crippen molar-refractivity contribution in [3.63, 3.8) is 0 Å². The van der Waals surface area contributed by atoms with Crippen molar-refractivity contribution in [3.05, 3.63) is 68.6 Å². The van der Waals surface area contributed by atoms with Crippen LogP contribution in [0.25, 0.3) is 22.2 Å². The number of halogens is 5. The zero-order valence-electron chi connectivity index (χ0n) is 17.4. The first-order valence-corrected chi connectivity index (χ1v) is 13.0. The Morgan fingerprint density at radius 3 is 2.09 bits per heavy atom. The summed E-state index contributed by atoms with van der Waals surface area (Å²) in [4.78, 5) is 29.9. The molecule has 4 heterocycles. The van der Waals surface area contributed by atoms with Gasteiger partial charge in [0.05, 0.1) is 21.7 Å². The molecule has 0 bridgehead atoms. The van der Waals surface area contributed by atoms with Gasteiger partial charge in [-0.05, 0) is 58.0 Å². The van der Waals surface area contributed by atoms with Gasteiger partial charge in [0.1, 0.15) is 16.1 Å². The topological polar surface area (TPSA) is 133 Å². The summed E-state index contributed by atoms with van der Waals surface area (Å²) in [6.45, 7) is 0. The van der Waals surface area contributed by atoms with Crippen LogP contribution < -0.4 is 16.0 Å². The van der Waals surface area contributed by atoms with Crippen LogP contribution >= 0.6 is 50.5 Å². The number of rotatable bonds is 1. The Morgan fingerprint density at radius 2 is 1.58 bits per heavy atom. The highest BCUT2D eigenvalue weighted by Gasteiger charge is 2.13. The number of hydrogen-bond donors (Lipinski definition) is 1. The summed E-state index contributed by atoms with van der Waals surface area (Å²) in [6, 6.07) is 7.48. The number of aromatic hydroxyl groups is 1. The summed E-state index contributed by atoms with van der Waals surface area (Å²) in [5.74, 6) is -0.167. The molecule has 0 aliphatic rings. The zero-order valence-corrected chi connectivity index (χ0v) is 20.3. The van der Waals surface area contributed by atoms with Crippen molar-refractivity contribution < 1.29 is 29.0 Å². The standard InChI is InChI=1S/C9H6ClNO3.C8H5NO3.CH3F.Cl3OP/c1-13-8-6(10)7-5(14-9(8)12)3-2-4-11-7;10-5-4-7(11)12-6-2-1-3-9-8(5)6;1-2;1-5(2,3)4/h2-4H,1H3;1-4,10H;1H3;/i;;1D;. The number of aromatic nitrogens is 2. The molecular weight excluding hydrogens is 548 g/mol. The molecule has 0 atom stereocenters. The van der Waals surface area contributed by atoms with Crippen molar-refractivity contribution in [2.75, 3.05) is 14.3 Å². The molecule has 0 saturated carbocycles. The average Bonchev–Trinajstić information content (AvgIpc) is 2.74. The van der Waals surface area contributed by atoms with Crippen LogP contribution in [0.5, 0.6) is 11.5 Å². The number of fused-ring (bicyclic) bond motifs is 2. The second-order valence-electron chi connectivity index (χ2n) is 5.29. The Balaban J connectivity index is 0.000000262. The quantitative estimate of drug-likeness (QED) is 0.271. The molecular formula is C18H14Cl4FN2O7P.